The normalized spacial score (nSPS) is 52.5. The van der Waals surface area contributed by atoms with Gasteiger partial charge in [-0.2, -0.15) is 0 Å². The Hall–Kier alpha value is -0.830. The topological polar surface area (TPSA) is 46.5 Å². The summed E-state index contributed by atoms with van der Waals surface area (Å²) in [4.78, 5) is 11.9. The van der Waals surface area contributed by atoms with Crippen molar-refractivity contribution in [3.8, 4) is 0 Å². The summed E-state index contributed by atoms with van der Waals surface area (Å²) in [6.45, 7) is 21.3. The molecule has 0 amide bonds. The highest BCUT2D eigenvalue weighted by Gasteiger charge is 2.71. The first-order valence-electron chi connectivity index (χ1n) is 14.7. The van der Waals surface area contributed by atoms with Crippen LogP contribution in [0.2, 0.25) is 0 Å². The van der Waals surface area contributed by atoms with Crippen LogP contribution in [0.25, 0.3) is 0 Å². The maximum Gasteiger partial charge on any atom is 0.302 e. The van der Waals surface area contributed by atoms with Gasteiger partial charge in [0.2, 0.25) is 0 Å². The van der Waals surface area contributed by atoms with Crippen LogP contribution in [0, 0.1) is 56.7 Å². The molecule has 0 aromatic rings. The molecular formula is C32H52O3. The van der Waals surface area contributed by atoms with Gasteiger partial charge >= 0.3 is 5.97 Å². The third kappa shape index (κ3) is 3.28. The average Bonchev–Trinajstić information content (AvgIpc) is 3.16. The zero-order valence-corrected chi connectivity index (χ0v) is 23.7. The van der Waals surface area contributed by atoms with Gasteiger partial charge in [0.25, 0.3) is 0 Å². The Labute approximate surface area is 214 Å². The van der Waals surface area contributed by atoms with Crippen LogP contribution in [0.3, 0.4) is 0 Å². The minimum atomic E-state index is -0.126. The monoisotopic (exact) mass is 484 g/mol. The van der Waals surface area contributed by atoms with E-state index < -0.39 is 0 Å². The van der Waals surface area contributed by atoms with E-state index in [9.17, 15) is 9.90 Å². The van der Waals surface area contributed by atoms with E-state index in [2.05, 4.69) is 48.1 Å². The number of aliphatic hydroxyl groups is 1. The van der Waals surface area contributed by atoms with Gasteiger partial charge in [0.15, 0.2) is 0 Å². The van der Waals surface area contributed by atoms with Gasteiger partial charge in [-0.3, -0.25) is 4.79 Å². The zero-order chi connectivity index (χ0) is 25.6. The van der Waals surface area contributed by atoms with Gasteiger partial charge in [0, 0.05) is 18.9 Å². The van der Waals surface area contributed by atoms with Crippen molar-refractivity contribution in [3.05, 3.63) is 12.2 Å². The molecule has 0 aromatic carbocycles. The Bertz CT molecular complexity index is 891. The lowest BCUT2D eigenvalue weighted by molar-refractivity contribution is -0.251. The molecule has 1 N–H and O–H groups in total. The van der Waals surface area contributed by atoms with Crippen molar-refractivity contribution in [2.45, 2.75) is 119 Å². The van der Waals surface area contributed by atoms with Gasteiger partial charge in [-0.1, -0.05) is 46.8 Å². The molecule has 5 aliphatic carbocycles. The van der Waals surface area contributed by atoms with E-state index in [4.69, 9.17) is 4.74 Å². The summed E-state index contributed by atoms with van der Waals surface area (Å²) in [5, 5.41) is 10.7. The largest absolute Gasteiger partial charge is 0.462 e. The highest BCUT2D eigenvalue weighted by atomic mass is 16.5. The second-order valence-corrected chi connectivity index (χ2v) is 15.2. The van der Waals surface area contributed by atoms with E-state index in [0.29, 0.717) is 46.5 Å². The van der Waals surface area contributed by atoms with Gasteiger partial charge in [-0.05, 0) is 122 Å². The van der Waals surface area contributed by atoms with Crippen LogP contribution in [0.1, 0.15) is 113 Å². The van der Waals surface area contributed by atoms with Gasteiger partial charge in [0.1, 0.15) is 6.10 Å². The highest BCUT2D eigenvalue weighted by molar-refractivity contribution is 5.66. The van der Waals surface area contributed by atoms with Crippen LogP contribution in [-0.4, -0.2) is 23.8 Å². The van der Waals surface area contributed by atoms with E-state index in [-0.39, 0.29) is 22.9 Å². The molecule has 0 radical (unpaired) electrons. The first-order chi connectivity index (χ1) is 16.3. The van der Waals surface area contributed by atoms with Crippen molar-refractivity contribution in [1.29, 1.82) is 0 Å². The molecule has 0 aromatic heterocycles. The van der Waals surface area contributed by atoms with Gasteiger partial charge in [0.05, 0.1) is 0 Å². The fourth-order valence-electron chi connectivity index (χ4n) is 11.9. The molecule has 0 aliphatic heterocycles. The van der Waals surface area contributed by atoms with Crippen molar-refractivity contribution in [1.82, 2.24) is 0 Å². The molecule has 5 aliphatic rings. The molecule has 0 bridgehead atoms. The molecule has 3 nitrogen and oxygen atoms in total. The standard InChI is InChI=1S/C32H52O3/c1-20(2)22-11-16-32(19-33)18-17-30(7)23(27(22)32)9-10-25-29(6)14-13-26(35-21(3)34)28(4,5)24(29)12-15-31(25,30)8/h22-27,33H,1,9-19H2,2-8H3/t22?,23-,24+,25-,26+,27?,29+,30-,31-,32?/m1/s1. The number of esters is 1. The second-order valence-electron chi connectivity index (χ2n) is 15.2. The van der Waals surface area contributed by atoms with Crippen molar-refractivity contribution in [2.24, 2.45) is 56.7 Å². The highest BCUT2D eigenvalue weighted by Crippen LogP contribution is 2.77. The molecule has 0 saturated heterocycles. The lowest BCUT2D eigenvalue weighted by Crippen LogP contribution is -2.67. The summed E-state index contributed by atoms with van der Waals surface area (Å²) in [5.74, 6) is 3.07. The maximum atomic E-state index is 11.9. The molecule has 5 fully saturated rings. The van der Waals surface area contributed by atoms with Gasteiger partial charge in [-0.25, -0.2) is 0 Å². The molecule has 198 valence electrons. The Morgan fingerprint density at radius 2 is 1.57 bits per heavy atom. The number of carbonyl (C=O) groups excluding carboxylic acids is 1. The fourth-order valence-corrected chi connectivity index (χ4v) is 11.9. The number of allylic oxidation sites excluding steroid dienone is 1. The van der Waals surface area contributed by atoms with Gasteiger partial charge < -0.3 is 9.84 Å². The Morgan fingerprint density at radius 1 is 0.857 bits per heavy atom. The van der Waals surface area contributed by atoms with Crippen molar-refractivity contribution in [2.75, 3.05) is 6.61 Å². The Morgan fingerprint density at radius 3 is 2.20 bits per heavy atom. The summed E-state index contributed by atoms with van der Waals surface area (Å²) in [5.41, 5.74) is 2.45. The average molecular weight is 485 g/mol. The van der Waals surface area contributed by atoms with E-state index in [0.717, 1.165) is 12.3 Å². The molecule has 3 unspecified atom stereocenters. The Balaban J connectivity index is 1.51. The molecule has 0 heterocycles. The number of hydrogen-bond acceptors (Lipinski definition) is 3. The smallest absolute Gasteiger partial charge is 0.302 e. The minimum absolute atomic E-state index is 0.0207. The molecule has 0 spiro atoms. The van der Waals surface area contributed by atoms with Crippen LogP contribution in [-0.2, 0) is 9.53 Å². The Kier molecular flexibility index (Phi) is 5.96. The molecular weight excluding hydrogens is 432 g/mol. The number of carbonyl (C=O) groups is 1. The number of ether oxygens (including phenoxy) is 1. The SMILES string of the molecule is C=C(C)C1CCC2(CO)CC[C@]3(C)[C@H](CC[C@@H]4[C@@]5(C)CC[C@H](OC(C)=O)C(C)(C)[C@@H]5CC[C@]43C)C12. The predicted molar refractivity (Wildman–Crippen MR) is 142 cm³/mol. The number of hydrogen-bond donors (Lipinski definition) is 1. The lowest BCUT2D eigenvalue weighted by atomic mass is 9.32. The van der Waals surface area contributed by atoms with E-state index in [1.807, 2.05) is 0 Å². The molecule has 10 atom stereocenters. The van der Waals surface area contributed by atoms with Crippen molar-refractivity contribution in [3.63, 3.8) is 0 Å². The summed E-state index contributed by atoms with van der Waals surface area (Å²) in [6.07, 6.45) is 12.2. The third-order valence-corrected chi connectivity index (χ3v) is 13.8. The fraction of sp³-hybridized carbons (Fsp3) is 0.906. The number of aliphatic hydroxyl groups excluding tert-OH is 1. The molecule has 5 rings (SSSR count). The number of rotatable bonds is 3. The number of fused-ring (bicyclic) bond motifs is 7. The second kappa shape index (κ2) is 8.08. The predicted octanol–water partition coefficient (Wildman–Crippen LogP) is 7.57. The zero-order valence-electron chi connectivity index (χ0n) is 23.7. The first-order valence-corrected chi connectivity index (χ1v) is 14.7. The summed E-state index contributed by atoms with van der Waals surface area (Å²) >= 11 is 0. The van der Waals surface area contributed by atoms with Crippen molar-refractivity contribution >= 4 is 5.97 Å². The molecule has 3 heteroatoms. The van der Waals surface area contributed by atoms with Crippen LogP contribution in [0.5, 0.6) is 0 Å². The molecule has 35 heavy (non-hydrogen) atoms. The van der Waals surface area contributed by atoms with Gasteiger partial charge in [-0.15, -0.1) is 0 Å². The van der Waals surface area contributed by atoms with E-state index in [1.54, 1.807) is 6.92 Å². The minimum Gasteiger partial charge on any atom is -0.462 e. The summed E-state index contributed by atoms with van der Waals surface area (Å²) in [6, 6.07) is 0. The van der Waals surface area contributed by atoms with Crippen molar-refractivity contribution < 1.29 is 14.6 Å². The quantitative estimate of drug-likeness (QED) is 0.332. The lowest BCUT2D eigenvalue weighted by Gasteiger charge is -2.73. The van der Waals surface area contributed by atoms with Crippen LogP contribution >= 0.6 is 0 Å². The van der Waals surface area contributed by atoms with Crippen LogP contribution in [0.4, 0.5) is 0 Å². The van der Waals surface area contributed by atoms with E-state index >= 15 is 0 Å². The van der Waals surface area contributed by atoms with Crippen LogP contribution < -0.4 is 0 Å². The van der Waals surface area contributed by atoms with Crippen LogP contribution in [0.15, 0.2) is 12.2 Å². The van der Waals surface area contributed by atoms with E-state index in [1.165, 1.54) is 63.4 Å². The summed E-state index contributed by atoms with van der Waals surface area (Å²) < 4.78 is 5.90. The third-order valence-electron chi connectivity index (χ3n) is 13.8. The molecule has 5 saturated carbocycles. The first kappa shape index (κ1) is 25.8. The summed E-state index contributed by atoms with van der Waals surface area (Å²) in [7, 11) is 0. The maximum absolute atomic E-state index is 11.9.